The van der Waals surface area contributed by atoms with E-state index in [1.165, 1.54) is 11.3 Å². The molecule has 4 heteroatoms. The molecule has 0 aliphatic carbocycles. The van der Waals surface area contributed by atoms with Crippen LogP contribution in [0.2, 0.25) is 0 Å². The fourth-order valence-electron chi connectivity index (χ4n) is 2.86. The van der Waals surface area contributed by atoms with Crippen LogP contribution in [0.1, 0.15) is 45.1 Å². The number of hydrogen-bond acceptors (Lipinski definition) is 3. The summed E-state index contributed by atoms with van der Waals surface area (Å²) in [6.45, 7) is 8.18. The quantitative estimate of drug-likeness (QED) is 0.844. The Morgan fingerprint density at radius 2 is 2.14 bits per heavy atom. The molecule has 3 N–H and O–H groups in total. The zero-order valence-corrected chi connectivity index (χ0v) is 13.4. The van der Waals surface area contributed by atoms with Crippen LogP contribution in [0.3, 0.4) is 0 Å². The number of hydrogen-bond donors (Lipinski definition) is 2. The number of nitrogens with two attached hydrogens (primary N) is 1. The molecule has 1 aliphatic heterocycles. The molecule has 0 saturated carbocycles. The van der Waals surface area contributed by atoms with Gasteiger partial charge in [-0.25, -0.2) is 0 Å². The first-order chi connectivity index (χ1) is 9.96. The Balaban J connectivity index is 2.06. The van der Waals surface area contributed by atoms with Crippen LogP contribution < -0.4 is 16.0 Å². The average Bonchev–Trinajstić information content (AvgIpc) is 2.77. The molecular weight excluding hydrogens is 262 g/mol. The molecule has 2 rings (SSSR count). The highest BCUT2D eigenvalue weighted by Gasteiger charge is 2.29. The average molecular weight is 289 g/mol. The van der Waals surface area contributed by atoms with E-state index in [2.05, 4.69) is 49.2 Å². The summed E-state index contributed by atoms with van der Waals surface area (Å²) in [5, 5.41) is 3.11. The Bertz CT molecular complexity index is 499. The summed E-state index contributed by atoms with van der Waals surface area (Å²) in [5.74, 6) is 0.531. The van der Waals surface area contributed by atoms with E-state index in [0.29, 0.717) is 19.0 Å². The van der Waals surface area contributed by atoms with Gasteiger partial charge >= 0.3 is 0 Å². The molecule has 0 saturated heterocycles. The minimum absolute atomic E-state index is 0.0880. The summed E-state index contributed by atoms with van der Waals surface area (Å²) in [7, 11) is 0. The van der Waals surface area contributed by atoms with Gasteiger partial charge < -0.3 is 16.0 Å². The first kappa shape index (κ1) is 15.8. The normalized spacial score (nSPS) is 17.7. The predicted molar refractivity (Wildman–Crippen MR) is 87.6 cm³/mol. The van der Waals surface area contributed by atoms with Gasteiger partial charge in [-0.15, -0.1) is 0 Å². The summed E-state index contributed by atoms with van der Waals surface area (Å²) < 4.78 is 0. The Morgan fingerprint density at radius 1 is 1.43 bits per heavy atom. The van der Waals surface area contributed by atoms with E-state index in [1.807, 2.05) is 6.07 Å². The van der Waals surface area contributed by atoms with Gasteiger partial charge in [0.25, 0.3) is 0 Å². The lowest BCUT2D eigenvalue weighted by molar-refractivity contribution is -0.121. The maximum absolute atomic E-state index is 12.3. The van der Waals surface area contributed by atoms with Crippen LogP contribution in [0.5, 0.6) is 0 Å². The molecule has 0 fully saturated rings. The summed E-state index contributed by atoms with van der Waals surface area (Å²) in [6.07, 6.45) is 1.89. The highest BCUT2D eigenvalue weighted by Crippen LogP contribution is 2.37. The Kier molecular flexibility index (Phi) is 4.88. The number of para-hydroxylation sites is 1. The molecule has 1 heterocycles. The first-order valence-electron chi connectivity index (χ1n) is 7.82. The van der Waals surface area contributed by atoms with Gasteiger partial charge in [0.15, 0.2) is 0 Å². The van der Waals surface area contributed by atoms with E-state index in [9.17, 15) is 4.79 Å². The molecule has 1 unspecified atom stereocenters. The maximum Gasteiger partial charge on any atom is 0.239 e. The molecule has 1 amide bonds. The Labute approximate surface area is 127 Å². The van der Waals surface area contributed by atoms with Crippen molar-refractivity contribution < 1.29 is 4.79 Å². The van der Waals surface area contributed by atoms with E-state index in [0.717, 1.165) is 19.4 Å². The van der Waals surface area contributed by atoms with E-state index < -0.39 is 0 Å². The molecule has 116 valence electrons. The summed E-state index contributed by atoms with van der Waals surface area (Å²) in [4.78, 5) is 14.4. The lowest BCUT2D eigenvalue weighted by atomic mass is 9.98. The fraction of sp³-hybridized carbons (Fsp3) is 0.588. The molecule has 4 nitrogen and oxygen atoms in total. The van der Waals surface area contributed by atoms with Crippen molar-refractivity contribution in [3.8, 4) is 0 Å². The molecule has 1 aromatic carbocycles. The fourth-order valence-corrected chi connectivity index (χ4v) is 2.86. The van der Waals surface area contributed by atoms with Gasteiger partial charge in [-0.3, -0.25) is 4.79 Å². The number of amides is 1. The van der Waals surface area contributed by atoms with Gasteiger partial charge in [-0.1, -0.05) is 25.1 Å². The van der Waals surface area contributed by atoms with E-state index in [1.54, 1.807) is 0 Å². The molecule has 0 spiro atoms. The standard InChI is InChI=1S/C17H27N3O/c1-4-17(2,3)19-16(21)12-20-11-13(9-10-18)14-7-5-6-8-15(14)20/h5-8,13H,4,9-12,18H2,1-3H3,(H,19,21). The highest BCUT2D eigenvalue weighted by atomic mass is 16.2. The van der Waals surface area contributed by atoms with Crippen molar-refractivity contribution in [1.29, 1.82) is 0 Å². The van der Waals surface area contributed by atoms with Crippen molar-refractivity contribution in [3.05, 3.63) is 29.8 Å². The number of carbonyl (C=O) groups excluding carboxylic acids is 1. The number of benzene rings is 1. The highest BCUT2D eigenvalue weighted by molar-refractivity contribution is 5.83. The largest absolute Gasteiger partial charge is 0.361 e. The summed E-state index contributed by atoms with van der Waals surface area (Å²) in [5.41, 5.74) is 8.08. The van der Waals surface area contributed by atoms with Gasteiger partial charge in [-0.05, 0) is 44.9 Å². The van der Waals surface area contributed by atoms with Crippen LogP contribution in [-0.2, 0) is 4.79 Å². The number of carbonyl (C=O) groups is 1. The molecular formula is C17H27N3O. The topological polar surface area (TPSA) is 58.4 Å². The van der Waals surface area contributed by atoms with Gasteiger partial charge in [-0.2, -0.15) is 0 Å². The minimum atomic E-state index is -0.146. The van der Waals surface area contributed by atoms with E-state index in [4.69, 9.17) is 5.73 Å². The summed E-state index contributed by atoms with van der Waals surface area (Å²) >= 11 is 0. The predicted octanol–water partition coefficient (Wildman–Crippen LogP) is 2.24. The zero-order valence-electron chi connectivity index (χ0n) is 13.4. The third-order valence-electron chi connectivity index (χ3n) is 4.37. The molecule has 0 aromatic heterocycles. The number of nitrogens with zero attached hydrogens (tertiary/aromatic N) is 1. The monoisotopic (exact) mass is 289 g/mol. The molecule has 21 heavy (non-hydrogen) atoms. The van der Waals surface area contributed by atoms with Crippen LogP contribution in [0.15, 0.2) is 24.3 Å². The van der Waals surface area contributed by atoms with Gasteiger partial charge in [0.2, 0.25) is 5.91 Å². The maximum atomic E-state index is 12.3. The van der Waals surface area contributed by atoms with Gasteiger partial charge in [0.05, 0.1) is 6.54 Å². The van der Waals surface area contributed by atoms with E-state index in [-0.39, 0.29) is 11.4 Å². The van der Waals surface area contributed by atoms with Crippen molar-refractivity contribution in [2.45, 2.75) is 45.1 Å². The van der Waals surface area contributed by atoms with Crippen molar-refractivity contribution in [3.63, 3.8) is 0 Å². The third-order valence-corrected chi connectivity index (χ3v) is 4.37. The first-order valence-corrected chi connectivity index (χ1v) is 7.82. The van der Waals surface area contributed by atoms with Crippen molar-refractivity contribution in [2.24, 2.45) is 5.73 Å². The van der Waals surface area contributed by atoms with Crippen LogP contribution >= 0.6 is 0 Å². The van der Waals surface area contributed by atoms with Crippen LogP contribution in [0, 0.1) is 0 Å². The van der Waals surface area contributed by atoms with Crippen LogP contribution in [0.25, 0.3) is 0 Å². The second kappa shape index (κ2) is 6.48. The summed E-state index contributed by atoms with van der Waals surface area (Å²) in [6, 6.07) is 8.35. The van der Waals surface area contributed by atoms with E-state index >= 15 is 0 Å². The molecule has 0 bridgehead atoms. The lowest BCUT2D eigenvalue weighted by Crippen LogP contribution is -2.47. The second-order valence-electron chi connectivity index (χ2n) is 6.50. The van der Waals surface area contributed by atoms with Crippen molar-refractivity contribution in [2.75, 3.05) is 24.5 Å². The lowest BCUT2D eigenvalue weighted by Gasteiger charge is -2.27. The van der Waals surface area contributed by atoms with Gasteiger partial charge in [0, 0.05) is 23.7 Å². The second-order valence-corrected chi connectivity index (χ2v) is 6.50. The van der Waals surface area contributed by atoms with Crippen molar-refractivity contribution >= 4 is 11.6 Å². The minimum Gasteiger partial charge on any atom is -0.361 e. The molecule has 1 aromatic rings. The SMILES string of the molecule is CCC(C)(C)NC(=O)CN1CC(CCN)c2ccccc21. The third kappa shape index (κ3) is 3.76. The Morgan fingerprint density at radius 3 is 2.81 bits per heavy atom. The zero-order chi connectivity index (χ0) is 15.5. The van der Waals surface area contributed by atoms with Crippen LogP contribution in [0.4, 0.5) is 5.69 Å². The number of rotatable bonds is 6. The molecule has 0 radical (unpaired) electrons. The smallest absolute Gasteiger partial charge is 0.239 e. The number of nitrogens with one attached hydrogen (secondary N) is 1. The van der Waals surface area contributed by atoms with Crippen LogP contribution in [-0.4, -0.2) is 31.1 Å². The number of anilines is 1. The molecule has 1 aliphatic rings. The number of fused-ring (bicyclic) bond motifs is 1. The Hall–Kier alpha value is -1.55. The molecule has 1 atom stereocenters. The van der Waals surface area contributed by atoms with Crippen molar-refractivity contribution in [1.82, 2.24) is 5.32 Å². The van der Waals surface area contributed by atoms with Gasteiger partial charge in [0.1, 0.15) is 0 Å².